The summed E-state index contributed by atoms with van der Waals surface area (Å²) in [4.78, 5) is 37.3. The SMILES string of the molecule is N#Cc1ccc(COC(=O)CCN2C(=O)c3ccccc3C2=O)cc1. The van der Waals surface area contributed by atoms with Crippen LogP contribution in [0, 0.1) is 11.3 Å². The second-order valence-corrected chi connectivity index (χ2v) is 5.53. The van der Waals surface area contributed by atoms with Gasteiger partial charge in [0.15, 0.2) is 0 Å². The molecule has 1 aliphatic rings. The monoisotopic (exact) mass is 334 g/mol. The van der Waals surface area contributed by atoms with Crippen molar-refractivity contribution in [2.45, 2.75) is 13.0 Å². The zero-order chi connectivity index (χ0) is 17.8. The first kappa shape index (κ1) is 16.4. The minimum Gasteiger partial charge on any atom is -0.461 e. The van der Waals surface area contributed by atoms with Crippen LogP contribution in [0.4, 0.5) is 0 Å². The van der Waals surface area contributed by atoms with Crippen molar-refractivity contribution in [1.29, 1.82) is 5.26 Å². The van der Waals surface area contributed by atoms with Crippen LogP contribution in [0.2, 0.25) is 0 Å². The van der Waals surface area contributed by atoms with Crippen LogP contribution in [0.3, 0.4) is 0 Å². The molecule has 0 spiro atoms. The van der Waals surface area contributed by atoms with Crippen molar-refractivity contribution in [3.8, 4) is 6.07 Å². The third-order valence-corrected chi connectivity index (χ3v) is 3.90. The highest BCUT2D eigenvalue weighted by atomic mass is 16.5. The van der Waals surface area contributed by atoms with Gasteiger partial charge in [-0.25, -0.2) is 0 Å². The Morgan fingerprint density at radius 3 is 2.16 bits per heavy atom. The Morgan fingerprint density at radius 2 is 1.60 bits per heavy atom. The van der Waals surface area contributed by atoms with E-state index in [9.17, 15) is 14.4 Å². The zero-order valence-electron chi connectivity index (χ0n) is 13.3. The van der Waals surface area contributed by atoms with Gasteiger partial charge in [0.25, 0.3) is 11.8 Å². The third kappa shape index (κ3) is 3.40. The lowest BCUT2D eigenvalue weighted by Gasteiger charge is -2.13. The van der Waals surface area contributed by atoms with Gasteiger partial charge in [0.2, 0.25) is 0 Å². The molecular weight excluding hydrogens is 320 g/mol. The summed E-state index contributed by atoms with van der Waals surface area (Å²) in [7, 11) is 0. The molecule has 25 heavy (non-hydrogen) atoms. The first-order valence-corrected chi connectivity index (χ1v) is 7.70. The molecule has 6 nitrogen and oxygen atoms in total. The van der Waals surface area contributed by atoms with Crippen LogP contribution >= 0.6 is 0 Å². The molecule has 2 aromatic rings. The number of nitriles is 1. The summed E-state index contributed by atoms with van der Waals surface area (Å²) < 4.78 is 5.14. The molecule has 0 bridgehead atoms. The largest absolute Gasteiger partial charge is 0.461 e. The number of amides is 2. The number of benzene rings is 2. The summed E-state index contributed by atoms with van der Waals surface area (Å²) in [6.45, 7) is 0.0607. The maximum Gasteiger partial charge on any atom is 0.307 e. The van der Waals surface area contributed by atoms with Crippen molar-refractivity contribution < 1.29 is 19.1 Å². The van der Waals surface area contributed by atoms with E-state index < -0.39 is 5.97 Å². The molecule has 1 aliphatic heterocycles. The van der Waals surface area contributed by atoms with Crippen LogP contribution in [0.25, 0.3) is 0 Å². The molecule has 0 N–H and O–H groups in total. The topological polar surface area (TPSA) is 87.5 Å². The quantitative estimate of drug-likeness (QED) is 0.618. The fraction of sp³-hybridized carbons (Fsp3) is 0.158. The van der Waals surface area contributed by atoms with E-state index in [2.05, 4.69) is 0 Å². The molecule has 0 saturated heterocycles. The number of carbonyl (C=O) groups excluding carboxylic acids is 3. The molecule has 0 unspecified atom stereocenters. The average molecular weight is 334 g/mol. The van der Waals surface area contributed by atoms with E-state index in [1.165, 1.54) is 0 Å². The summed E-state index contributed by atoms with van der Waals surface area (Å²) in [6.07, 6.45) is -0.0677. The van der Waals surface area contributed by atoms with Crippen molar-refractivity contribution in [2.24, 2.45) is 0 Å². The molecule has 124 valence electrons. The lowest BCUT2D eigenvalue weighted by atomic mass is 10.1. The van der Waals surface area contributed by atoms with E-state index in [1.807, 2.05) is 6.07 Å². The second kappa shape index (κ2) is 6.97. The average Bonchev–Trinajstić information content (AvgIpc) is 2.89. The Hall–Kier alpha value is -3.46. The maximum absolute atomic E-state index is 12.2. The van der Waals surface area contributed by atoms with Gasteiger partial charge < -0.3 is 4.74 Å². The van der Waals surface area contributed by atoms with Crippen LogP contribution in [0.5, 0.6) is 0 Å². The molecule has 2 amide bonds. The molecule has 1 heterocycles. The van der Waals surface area contributed by atoms with Gasteiger partial charge >= 0.3 is 5.97 Å². The van der Waals surface area contributed by atoms with Crippen molar-refractivity contribution in [3.05, 3.63) is 70.8 Å². The molecular formula is C19H14N2O4. The smallest absolute Gasteiger partial charge is 0.307 e. The van der Waals surface area contributed by atoms with Crippen molar-refractivity contribution in [2.75, 3.05) is 6.54 Å². The van der Waals surface area contributed by atoms with Gasteiger partial charge in [0.05, 0.1) is 29.2 Å². The van der Waals surface area contributed by atoms with Crippen molar-refractivity contribution >= 4 is 17.8 Å². The number of imide groups is 1. The van der Waals surface area contributed by atoms with Crippen molar-refractivity contribution in [1.82, 2.24) is 4.90 Å². The molecule has 0 aromatic heterocycles. The Morgan fingerprint density at radius 1 is 1.00 bits per heavy atom. The van der Waals surface area contributed by atoms with E-state index >= 15 is 0 Å². The van der Waals surface area contributed by atoms with E-state index in [0.29, 0.717) is 16.7 Å². The van der Waals surface area contributed by atoms with Crippen LogP contribution in [-0.4, -0.2) is 29.2 Å². The molecule has 0 radical (unpaired) electrons. The van der Waals surface area contributed by atoms with Gasteiger partial charge in [-0.2, -0.15) is 5.26 Å². The number of esters is 1. The summed E-state index contributed by atoms with van der Waals surface area (Å²) in [5.74, 6) is -1.28. The van der Waals surface area contributed by atoms with E-state index in [0.717, 1.165) is 10.5 Å². The van der Waals surface area contributed by atoms with Gasteiger partial charge in [-0.05, 0) is 29.8 Å². The van der Waals surface area contributed by atoms with Gasteiger partial charge in [-0.15, -0.1) is 0 Å². The third-order valence-electron chi connectivity index (χ3n) is 3.90. The minimum atomic E-state index is -0.499. The zero-order valence-corrected chi connectivity index (χ0v) is 13.3. The number of rotatable bonds is 5. The van der Waals surface area contributed by atoms with Crippen LogP contribution in [0.15, 0.2) is 48.5 Å². The lowest BCUT2D eigenvalue weighted by Crippen LogP contribution is -2.32. The fourth-order valence-electron chi connectivity index (χ4n) is 2.56. The number of carbonyl (C=O) groups is 3. The van der Waals surface area contributed by atoms with E-state index in [4.69, 9.17) is 10.00 Å². The summed E-state index contributed by atoms with van der Waals surface area (Å²) in [5, 5.41) is 8.73. The summed E-state index contributed by atoms with van der Waals surface area (Å²) in [6, 6.07) is 15.3. The maximum atomic E-state index is 12.2. The first-order chi connectivity index (χ1) is 12.1. The standard InChI is InChI=1S/C19H14N2O4/c20-11-13-5-7-14(8-6-13)12-25-17(22)9-10-21-18(23)15-3-1-2-4-16(15)19(21)24/h1-8H,9-10,12H2. The highest BCUT2D eigenvalue weighted by Gasteiger charge is 2.35. The van der Waals surface area contributed by atoms with E-state index in [1.54, 1.807) is 48.5 Å². The van der Waals surface area contributed by atoms with Crippen LogP contribution < -0.4 is 0 Å². The highest BCUT2D eigenvalue weighted by molar-refractivity contribution is 6.21. The molecule has 6 heteroatoms. The van der Waals surface area contributed by atoms with Crippen LogP contribution in [0.1, 0.15) is 38.3 Å². The number of ether oxygens (including phenoxy) is 1. The Kier molecular flexibility index (Phi) is 4.57. The fourth-order valence-corrected chi connectivity index (χ4v) is 2.56. The molecule has 0 atom stereocenters. The number of hydrogen-bond donors (Lipinski definition) is 0. The van der Waals surface area contributed by atoms with Gasteiger partial charge in [-0.1, -0.05) is 24.3 Å². The van der Waals surface area contributed by atoms with E-state index in [-0.39, 0.29) is 31.4 Å². The van der Waals surface area contributed by atoms with Gasteiger partial charge in [-0.3, -0.25) is 19.3 Å². The normalized spacial score (nSPS) is 12.7. The van der Waals surface area contributed by atoms with Crippen LogP contribution in [-0.2, 0) is 16.1 Å². The summed E-state index contributed by atoms with van der Waals surface area (Å²) >= 11 is 0. The molecule has 0 aliphatic carbocycles. The predicted octanol–water partition coefficient (Wildman–Crippen LogP) is 2.29. The minimum absolute atomic E-state index is 0.0153. The Balaban J connectivity index is 1.52. The predicted molar refractivity (Wildman–Crippen MR) is 87.4 cm³/mol. The van der Waals surface area contributed by atoms with Gasteiger partial charge in [0, 0.05) is 6.54 Å². The molecule has 0 saturated carbocycles. The lowest BCUT2D eigenvalue weighted by molar-refractivity contribution is -0.145. The van der Waals surface area contributed by atoms with Gasteiger partial charge in [0.1, 0.15) is 6.61 Å². The Bertz CT molecular complexity index is 846. The first-order valence-electron chi connectivity index (χ1n) is 7.70. The molecule has 2 aromatic carbocycles. The van der Waals surface area contributed by atoms with Crippen molar-refractivity contribution in [3.63, 3.8) is 0 Å². The molecule has 0 fully saturated rings. The number of fused-ring (bicyclic) bond motifs is 1. The number of nitrogens with zero attached hydrogens (tertiary/aromatic N) is 2. The number of hydrogen-bond acceptors (Lipinski definition) is 5. The molecule has 3 rings (SSSR count). The Labute approximate surface area is 144 Å². The second-order valence-electron chi connectivity index (χ2n) is 5.53. The summed E-state index contributed by atoms with van der Waals surface area (Å²) in [5.41, 5.74) is 2.01. The highest BCUT2D eigenvalue weighted by Crippen LogP contribution is 2.22.